The number of hydrogen-bond donors (Lipinski definition) is 3. The summed E-state index contributed by atoms with van der Waals surface area (Å²) in [5.41, 5.74) is 0.866. The second-order valence-corrected chi connectivity index (χ2v) is 8.71. The summed E-state index contributed by atoms with van der Waals surface area (Å²) in [7, 11) is 0. The Kier molecular flexibility index (Phi) is 5.86. The van der Waals surface area contributed by atoms with Crippen molar-refractivity contribution in [3.05, 3.63) is 30.2 Å². The Balaban J connectivity index is 1.73. The van der Waals surface area contributed by atoms with E-state index < -0.39 is 0 Å². The van der Waals surface area contributed by atoms with Crippen LogP contribution in [0.15, 0.2) is 24.5 Å². The van der Waals surface area contributed by atoms with Crippen molar-refractivity contribution in [1.29, 1.82) is 0 Å². The summed E-state index contributed by atoms with van der Waals surface area (Å²) in [6.07, 6.45) is 6.29. The lowest BCUT2D eigenvalue weighted by molar-refractivity contribution is 0.234. The maximum absolute atomic E-state index is 12.0. The molecule has 0 aromatic carbocycles. The second-order valence-electron chi connectivity index (χ2n) is 8.71. The van der Waals surface area contributed by atoms with Crippen LogP contribution in [0.25, 0.3) is 0 Å². The van der Waals surface area contributed by atoms with Gasteiger partial charge in [-0.25, -0.2) is 19.4 Å². The molecule has 1 saturated carbocycles. The van der Waals surface area contributed by atoms with Gasteiger partial charge in [0.1, 0.15) is 5.82 Å². The van der Waals surface area contributed by atoms with Crippen LogP contribution >= 0.6 is 0 Å². The number of nitrogens with zero attached hydrogens (tertiary/aromatic N) is 4. The van der Waals surface area contributed by atoms with Gasteiger partial charge in [-0.15, -0.1) is 0 Å². The van der Waals surface area contributed by atoms with Crippen molar-refractivity contribution >= 4 is 17.8 Å². The minimum Gasteiger partial charge on any atom is -0.336 e. The van der Waals surface area contributed by atoms with Gasteiger partial charge in [0.05, 0.1) is 11.2 Å². The molecule has 1 aliphatic carbocycles. The first-order valence-corrected chi connectivity index (χ1v) is 9.94. The highest BCUT2D eigenvalue weighted by atomic mass is 16.2. The van der Waals surface area contributed by atoms with Gasteiger partial charge in [0.25, 0.3) is 0 Å². The predicted octanol–water partition coefficient (Wildman–Crippen LogP) is 3.52. The number of hydrogen-bond acceptors (Lipinski definition) is 5. The first-order valence-electron chi connectivity index (χ1n) is 9.94. The highest BCUT2D eigenvalue weighted by molar-refractivity contribution is 5.74. The largest absolute Gasteiger partial charge is 0.336 e. The van der Waals surface area contributed by atoms with E-state index >= 15 is 0 Å². The summed E-state index contributed by atoms with van der Waals surface area (Å²) in [6, 6.07) is 4.09. The van der Waals surface area contributed by atoms with E-state index in [1.807, 2.05) is 18.5 Å². The fourth-order valence-electron chi connectivity index (χ4n) is 3.55. The van der Waals surface area contributed by atoms with Gasteiger partial charge in [-0.1, -0.05) is 0 Å². The Labute approximate surface area is 166 Å². The molecule has 2 atom stereocenters. The summed E-state index contributed by atoms with van der Waals surface area (Å²) in [6.45, 7) is 10.3. The highest BCUT2D eigenvalue weighted by Crippen LogP contribution is 2.36. The van der Waals surface area contributed by atoms with Crippen molar-refractivity contribution in [2.45, 2.75) is 77.4 Å². The summed E-state index contributed by atoms with van der Waals surface area (Å²) in [5.74, 6) is 1.75. The summed E-state index contributed by atoms with van der Waals surface area (Å²) in [5, 5.41) is 14.2. The first-order chi connectivity index (χ1) is 13.2. The van der Waals surface area contributed by atoms with Crippen LogP contribution < -0.4 is 16.0 Å². The van der Waals surface area contributed by atoms with Crippen LogP contribution in [0.1, 0.15) is 65.5 Å². The molecule has 3 N–H and O–H groups in total. The Morgan fingerprint density at radius 2 is 1.93 bits per heavy atom. The average Bonchev–Trinajstić information content (AvgIpc) is 3.21. The molecule has 8 nitrogen and oxygen atoms in total. The minimum atomic E-state index is -0.178. The number of urea groups is 1. The standard InChI is InChI=1S/C20H31N7O/c1-13(2)23-19(28)24-15-8-7-14(11-15)16-12-17(27(26-16)20(3,4)5)25-18-21-9-6-10-22-18/h6,9-10,12-15H,7-8,11H2,1-5H3,(H,21,22,25)(H2,23,24,28)/t14-,15+/m1/s1. The zero-order valence-electron chi connectivity index (χ0n) is 17.4. The quantitative estimate of drug-likeness (QED) is 0.732. The molecule has 1 aliphatic rings. The van der Waals surface area contributed by atoms with Gasteiger partial charge in [-0.3, -0.25) is 0 Å². The minimum absolute atomic E-state index is 0.0931. The Hall–Kier alpha value is -2.64. The number of aromatic nitrogens is 4. The fourth-order valence-corrected chi connectivity index (χ4v) is 3.55. The maximum Gasteiger partial charge on any atom is 0.315 e. The zero-order chi connectivity index (χ0) is 20.3. The van der Waals surface area contributed by atoms with E-state index in [0.717, 1.165) is 30.8 Å². The summed E-state index contributed by atoms with van der Waals surface area (Å²) < 4.78 is 1.99. The monoisotopic (exact) mass is 385 g/mol. The predicted molar refractivity (Wildman–Crippen MR) is 110 cm³/mol. The maximum atomic E-state index is 12.0. The van der Waals surface area contributed by atoms with E-state index in [9.17, 15) is 4.79 Å². The van der Waals surface area contributed by atoms with E-state index in [1.54, 1.807) is 18.5 Å². The number of rotatable bonds is 5. The normalized spacial score (nSPS) is 19.6. The molecule has 0 bridgehead atoms. The molecule has 28 heavy (non-hydrogen) atoms. The molecule has 8 heteroatoms. The van der Waals surface area contributed by atoms with Crippen LogP contribution in [0.5, 0.6) is 0 Å². The number of carbonyl (C=O) groups is 1. The topological polar surface area (TPSA) is 96.8 Å². The fraction of sp³-hybridized carbons (Fsp3) is 0.600. The third-order valence-electron chi connectivity index (χ3n) is 4.78. The van der Waals surface area contributed by atoms with Crippen molar-refractivity contribution in [2.75, 3.05) is 5.32 Å². The molecule has 2 heterocycles. The van der Waals surface area contributed by atoms with Gasteiger partial charge < -0.3 is 16.0 Å². The molecule has 0 spiro atoms. The number of amides is 2. The van der Waals surface area contributed by atoms with Gasteiger partial charge >= 0.3 is 6.03 Å². The van der Waals surface area contributed by atoms with Crippen LogP contribution in [0, 0.1) is 0 Å². The summed E-state index contributed by atoms with van der Waals surface area (Å²) in [4.78, 5) is 20.5. The lowest BCUT2D eigenvalue weighted by Crippen LogP contribution is -2.43. The van der Waals surface area contributed by atoms with Gasteiger partial charge in [0.15, 0.2) is 0 Å². The van der Waals surface area contributed by atoms with Gasteiger partial charge in [-0.2, -0.15) is 5.10 Å². The Bertz CT molecular complexity index is 795. The average molecular weight is 386 g/mol. The van der Waals surface area contributed by atoms with Crippen LogP contribution in [0.3, 0.4) is 0 Å². The van der Waals surface area contributed by atoms with Crippen molar-refractivity contribution in [3.63, 3.8) is 0 Å². The molecule has 0 radical (unpaired) electrons. The lowest BCUT2D eigenvalue weighted by Gasteiger charge is -2.22. The summed E-state index contributed by atoms with van der Waals surface area (Å²) >= 11 is 0. The SMILES string of the molecule is CC(C)NC(=O)N[C@H]1CC[C@@H](c2cc(Nc3ncccn3)n(C(C)(C)C)n2)C1. The molecule has 1 fully saturated rings. The Morgan fingerprint density at radius 3 is 2.57 bits per heavy atom. The number of carbonyl (C=O) groups excluding carboxylic acids is 1. The molecule has 152 valence electrons. The number of nitrogens with one attached hydrogen (secondary N) is 3. The highest BCUT2D eigenvalue weighted by Gasteiger charge is 2.31. The molecular weight excluding hydrogens is 354 g/mol. The molecule has 2 aromatic heterocycles. The third kappa shape index (κ3) is 4.99. The van der Waals surface area contributed by atoms with Crippen molar-refractivity contribution in [2.24, 2.45) is 0 Å². The first kappa shape index (κ1) is 20.1. The van der Waals surface area contributed by atoms with Gasteiger partial charge in [0, 0.05) is 36.5 Å². The number of anilines is 2. The van der Waals surface area contributed by atoms with Crippen molar-refractivity contribution < 1.29 is 4.79 Å². The molecular formula is C20H31N7O. The van der Waals surface area contributed by atoms with Crippen molar-refractivity contribution in [3.8, 4) is 0 Å². The van der Waals surface area contributed by atoms with Crippen molar-refractivity contribution in [1.82, 2.24) is 30.4 Å². The molecule has 0 aliphatic heterocycles. The molecule has 2 aromatic rings. The molecule has 3 rings (SSSR count). The van der Waals surface area contributed by atoms with Crippen LogP contribution in [0.2, 0.25) is 0 Å². The van der Waals surface area contributed by atoms with Gasteiger partial charge in [0.2, 0.25) is 5.95 Å². The zero-order valence-corrected chi connectivity index (χ0v) is 17.4. The van der Waals surface area contributed by atoms with E-state index in [2.05, 4.69) is 52.8 Å². The molecule has 2 amide bonds. The molecule has 0 saturated heterocycles. The van der Waals surface area contributed by atoms with Gasteiger partial charge in [-0.05, 0) is 59.9 Å². The van der Waals surface area contributed by atoms with Crippen LogP contribution in [-0.4, -0.2) is 37.9 Å². The second kappa shape index (κ2) is 8.16. The smallest absolute Gasteiger partial charge is 0.315 e. The molecule has 0 unspecified atom stereocenters. The van der Waals surface area contributed by atoms with Crippen LogP contribution in [-0.2, 0) is 5.54 Å². The van der Waals surface area contributed by atoms with E-state index in [1.165, 1.54) is 0 Å². The third-order valence-corrected chi connectivity index (χ3v) is 4.78. The van der Waals surface area contributed by atoms with E-state index in [0.29, 0.717) is 11.9 Å². The van der Waals surface area contributed by atoms with E-state index in [-0.39, 0.29) is 23.7 Å². The van der Waals surface area contributed by atoms with E-state index in [4.69, 9.17) is 5.10 Å². The van der Waals surface area contributed by atoms with Crippen LogP contribution in [0.4, 0.5) is 16.6 Å². The lowest BCUT2D eigenvalue weighted by atomic mass is 10.0. The Morgan fingerprint density at radius 1 is 1.21 bits per heavy atom.